The van der Waals surface area contributed by atoms with Crippen LogP contribution in [-0.4, -0.2) is 23.1 Å². The summed E-state index contributed by atoms with van der Waals surface area (Å²) in [7, 11) is 0. The Morgan fingerprint density at radius 3 is 1.73 bits per heavy atom. The second kappa shape index (κ2) is 4.99. The number of rotatable bonds is 0. The average molecular weight is 161 g/mol. The van der Waals surface area contributed by atoms with Crippen molar-refractivity contribution >= 4 is 23.1 Å². The second-order valence-corrected chi connectivity index (χ2v) is 2.80. The Bertz CT molecular complexity index is 187. The molecule has 1 unspecified atom stereocenters. The quantitative estimate of drug-likeness (QED) is 0.378. The fourth-order valence-corrected chi connectivity index (χ4v) is 1.16. The molecule has 11 heavy (non-hydrogen) atoms. The van der Waals surface area contributed by atoms with Gasteiger partial charge in [0.05, 0.1) is 0 Å². The van der Waals surface area contributed by atoms with Crippen LogP contribution in [0, 0.1) is 19.4 Å². The summed E-state index contributed by atoms with van der Waals surface area (Å²) in [6.07, 6.45) is 3.36. The van der Waals surface area contributed by atoms with Crippen molar-refractivity contribution in [3.63, 3.8) is 0 Å². The van der Waals surface area contributed by atoms with E-state index in [4.69, 9.17) is 0 Å². The van der Waals surface area contributed by atoms with E-state index < -0.39 is 0 Å². The molecule has 0 nitrogen and oxygen atoms in total. The summed E-state index contributed by atoms with van der Waals surface area (Å²) in [6, 6.07) is 0. The van der Waals surface area contributed by atoms with Crippen LogP contribution in [0.1, 0.15) is 27.7 Å². The van der Waals surface area contributed by atoms with Gasteiger partial charge < -0.3 is 7.43 Å². The van der Waals surface area contributed by atoms with Crippen LogP contribution < -0.4 is 0 Å². The van der Waals surface area contributed by atoms with Crippen LogP contribution in [0.3, 0.4) is 0 Å². The molecule has 1 rings (SSSR count). The molecule has 1 heteroatoms. The van der Waals surface area contributed by atoms with E-state index in [0.717, 1.165) is 0 Å². The predicted octanol–water partition coefficient (Wildman–Crippen LogP) is 2.79. The van der Waals surface area contributed by atoms with Gasteiger partial charge in [-0.15, -0.1) is 6.92 Å². The van der Waals surface area contributed by atoms with Crippen LogP contribution >= 0.6 is 0 Å². The van der Waals surface area contributed by atoms with Gasteiger partial charge in [0.1, 0.15) is 0 Å². The Morgan fingerprint density at radius 2 is 1.64 bits per heavy atom. The summed E-state index contributed by atoms with van der Waals surface area (Å²) in [5, 5.41) is 0. The zero-order chi connectivity index (χ0) is 7.02. The molecule has 0 saturated heterocycles. The molecule has 0 N–H and O–H groups in total. The Hall–Kier alpha value is 0.246. The van der Waals surface area contributed by atoms with Gasteiger partial charge in [0.25, 0.3) is 0 Å². The monoisotopic (exact) mass is 160 g/mol. The molecular weight excluding hydrogens is 144 g/mol. The standard InChI is InChI=1S/C9H13.CH3.Mg/c1-6-5-7(2)9(4)8(6)3;;/h6H,1-4H3;1H3;/q2*-1;+2. The van der Waals surface area contributed by atoms with Crippen molar-refractivity contribution in [2.75, 3.05) is 0 Å². The van der Waals surface area contributed by atoms with Crippen molar-refractivity contribution in [1.29, 1.82) is 0 Å². The normalized spacial score (nSPS) is 22.2. The van der Waals surface area contributed by atoms with E-state index in [1.165, 1.54) is 16.7 Å². The summed E-state index contributed by atoms with van der Waals surface area (Å²) in [6.45, 7) is 8.67. The first-order valence-corrected chi connectivity index (χ1v) is 3.40. The maximum Gasteiger partial charge on any atom is 2.00 e. The van der Waals surface area contributed by atoms with Gasteiger partial charge >= 0.3 is 23.1 Å². The third-order valence-electron chi connectivity index (χ3n) is 2.24. The van der Waals surface area contributed by atoms with Crippen LogP contribution in [0.2, 0.25) is 0 Å². The second-order valence-electron chi connectivity index (χ2n) is 2.80. The van der Waals surface area contributed by atoms with Crippen LogP contribution in [0.4, 0.5) is 0 Å². The molecule has 58 valence electrons. The molecule has 0 saturated carbocycles. The molecule has 0 amide bonds. The van der Waals surface area contributed by atoms with Gasteiger partial charge in [0.15, 0.2) is 0 Å². The minimum atomic E-state index is 0. The third-order valence-corrected chi connectivity index (χ3v) is 2.24. The van der Waals surface area contributed by atoms with Crippen molar-refractivity contribution < 1.29 is 0 Å². The van der Waals surface area contributed by atoms with E-state index in [1.54, 1.807) is 0 Å². The molecule has 0 spiro atoms. The van der Waals surface area contributed by atoms with E-state index >= 15 is 0 Å². The summed E-state index contributed by atoms with van der Waals surface area (Å²) in [5.74, 6) is 0.560. The molecule has 1 atom stereocenters. The molecule has 0 heterocycles. The molecule has 0 radical (unpaired) electrons. The average Bonchev–Trinajstić information content (AvgIpc) is 1.98. The smallest absolute Gasteiger partial charge is 0.358 e. The number of allylic oxidation sites excluding steroid dienone is 4. The Morgan fingerprint density at radius 1 is 1.18 bits per heavy atom. The van der Waals surface area contributed by atoms with Gasteiger partial charge in [-0.2, -0.15) is 11.1 Å². The maximum atomic E-state index is 3.36. The Labute approximate surface area is 86.9 Å². The zero-order valence-electron chi connectivity index (χ0n) is 8.28. The molecule has 0 aliphatic heterocycles. The van der Waals surface area contributed by atoms with Crippen LogP contribution in [-0.2, 0) is 0 Å². The molecule has 0 bridgehead atoms. The van der Waals surface area contributed by atoms with E-state index in [1.807, 2.05) is 0 Å². The minimum Gasteiger partial charge on any atom is -0.358 e. The van der Waals surface area contributed by atoms with Gasteiger partial charge in [0.2, 0.25) is 0 Å². The Balaban J connectivity index is 0. The predicted molar refractivity (Wildman–Crippen MR) is 52.1 cm³/mol. The van der Waals surface area contributed by atoms with E-state index in [9.17, 15) is 0 Å². The fourth-order valence-electron chi connectivity index (χ4n) is 1.16. The van der Waals surface area contributed by atoms with Crippen molar-refractivity contribution in [2.24, 2.45) is 5.92 Å². The molecular formula is C10H16Mg. The van der Waals surface area contributed by atoms with Crippen molar-refractivity contribution in [3.05, 3.63) is 30.2 Å². The number of hydrogen-bond donors (Lipinski definition) is 0. The Kier molecular flexibility index (Phi) is 6.27. The van der Waals surface area contributed by atoms with Crippen molar-refractivity contribution in [3.8, 4) is 0 Å². The maximum absolute atomic E-state index is 3.36. The molecule has 1 aliphatic rings. The minimum absolute atomic E-state index is 0. The fraction of sp³-hybridized carbons (Fsp3) is 0.500. The van der Waals surface area contributed by atoms with Gasteiger partial charge in [-0.25, -0.2) is 5.57 Å². The first-order valence-electron chi connectivity index (χ1n) is 3.40. The zero-order valence-corrected chi connectivity index (χ0v) is 9.70. The summed E-state index contributed by atoms with van der Waals surface area (Å²) < 4.78 is 0. The van der Waals surface area contributed by atoms with E-state index in [2.05, 4.69) is 33.8 Å². The van der Waals surface area contributed by atoms with Crippen LogP contribution in [0.15, 0.2) is 16.7 Å². The van der Waals surface area contributed by atoms with E-state index in [0.29, 0.717) is 5.92 Å². The van der Waals surface area contributed by atoms with Crippen LogP contribution in [0.25, 0.3) is 0 Å². The largest absolute Gasteiger partial charge is 2.00 e. The van der Waals surface area contributed by atoms with Crippen molar-refractivity contribution in [1.82, 2.24) is 0 Å². The van der Waals surface area contributed by atoms with E-state index in [-0.39, 0.29) is 30.5 Å². The van der Waals surface area contributed by atoms with Gasteiger partial charge in [-0.3, -0.25) is 6.08 Å². The molecule has 0 fully saturated rings. The third kappa shape index (κ3) is 2.64. The van der Waals surface area contributed by atoms with Crippen LogP contribution in [0.5, 0.6) is 0 Å². The summed E-state index contributed by atoms with van der Waals surface area (Å²) >= 11 is 0. The first kappa shape index (κ1) is 13.8. The topological polar surface area (TPSA) is 0 Å². The molecule has 0 aromatic carbocycles. The number of hydrogen-bond acceptors (Lipinski definition) is 0. The van der Waals surface area contributed by atoms with Crippen molar-refractivity contribution in [2.45, 2.75) is 27.7 Å². The van der Waals surface area contributed by atoms with Gasteiger partial charge in [-0.1, -0.05) is 26.7 Å². The molecule has 1 aliphatic carbocycles. The SMILES string of the molecule is CC1=[C-]C(C)C(C)=C1C.[CH3-].[Mg+2]. The van der Waals surface area contributed by atoms with Gasteiger partial charge in [-0.05, 0) is 0 Å². The first-order chi connectivity index (χ1) is 4.13. The summed E-state index contributed by atoms with van der Waals surface area (Å²) in [5.41, 5.74) is 4.25. The molecule has 0 aromatic heterocycles. The van der Waals surface area contributed by atoms with Gasteiger partial charge in [0, 0.05) is 0 Å². The summed E-state index contributed by atoms with van der Waals surface area (Å²) in [4.78, 5) is 0. The molecule has 0 aromatic rings.